The van der Waals surface area contributed by atoms with Gasteiger partial charge in [-0.05, 0) is 35.6 Å². The zero-order chi connectivity index (χ0) is 12.1. The van der Waals surface area contributed by atoms with E-state index in [4.69, 9.17) is 0 Å². The summed E-state index contributed by atoms with van der Waals surface area (Å²) < 4.78 is 0. The van der Waals surface area contributed by atoms with Gasteiger partial charge in [-0.3, -0.25) is 4.79 Å². The van der Waals surface area contributed by atoms with Gasteiger partial charge in [-0.1, -0.05) is 34.1 Å². The number of alkyl halides is 1. The molecule has 2 rings (SSSR count). The summed E-state index contributed by atoms with van der Waals surface area (Å²) in [7, 11) is 0. The topological polar surface area (TPSA) is 29.1 Å². The van der Waals surface area contributed by atoms with E-state index in [1.54, 1.807) is 0 Å². The van der Waals surface area contributed by atoms with Gasteiger partial charge in [0, 0.05) is 11.0 Å². The maximum atomic E-state index is 11.8. The Kier molecular flexibility index (Phi) is 4.34. The van der Waals surface area contributed by atoms with Crippen molar-refractivity contribution in [3.05, 3.63) is 52.2 Å². The molecule has 0 aliphatic carbocycles. The third kappa shape index (κ3) is 3.41. The molecular weight excluding hydrogens is 298 g/mol. The molecule has 1 heterocycles. The Morgan fingerprint density at radius 3 is 2.59 bits per heavy atom. The van der Waals surface area contributed by atoms with Crippen LogP contribution >= 0.6 is 27.3 Å². The van der Waals surface area contributed by atoms with Gasteiger partial charge in [-0.2, -0.15) is 0 Å². The molecule has 1 amide bonds. The summed E-state index contributed by atoms with van der Waals surface area (Å²) in [5.41, 5.74) is 2.10. The van der Waals surface area contributed by atoms with Crippen LogP contribution in [0.4, 0.5) is 5.69 Å². The monoisotopic (exact) mass is 309 g/mol. The first kappa shape index (κ1) is 12.3. The Labute approximate surface area is 113 Å². The van der Waals surface area contributed by atoms with Crippen molar-refractivity contribution in [1.82, 2.24) is 0 Å². The summed E-state index contributed by atoms with van der Waals surface area (Å²) in [6, 6.07) is 11.6. The van der Waals surface area contributed by atoms with Crippen molar-refractivity contribution >= 4 is 38.9 Å². The number of nitrogens with one attached hydrogen (secondary N) is 1. The highest BCUT2D eigenvalue weighted by Gasteiger charge is 2.06. The summed E-state index contributed by atoms with van der Waals surface area (Å²) in [5.74, 6) is -0.0479. The van der Waals surface area contributed by atoms with Gasteiger partial charge in [0.05, 0.1) is 4.88 Å². The lowest BCUT2D eigenvalue weighted by Crippen LogP contribution is -2.09. The molecule has 4 heteroatoms. The van der Waals surface area contributed by atoms with Gasteiger partial charge >= 0.3 is 0 Å². The van der Waals surface area contributed by atoms with E-state index in [0.29, 0.717) is 0 Å². The summed E-state index contributed by atoms with van der Waals surface area (Å²) in [6.45, 7) is 0. The second-order valence-corrected chi connectivity index (χ2v) is 5.31. The molecule has 0 bridgehead atoms. The van der Waals surface area contributed by atoms with Gasteiger partial charge in [-0.25, -0.2) is 0 Å². The molecule has 1 N–H and O–H groups in total. The number of carbonyl (C=O) groups excluding carboxylic acids is 1. The molecule has 0 radical (unpaired) electrons. The molecule has 0 saturated heterocycles. The average molecular weight is 310 g/mol. The first-order valence-electron chi connectivity index (χ1n) is 5.29. The minimum absolute atomic E-state index is 0.0479. The Balaban J connectivity index is 2.01. The molecule has 1 aromatic carbocycles. The lowest BCUT2D eigenvalue weighted by atomic mass is 10.1. The van der Waals surface area contributed by atoms with E-state index < -0.39 is 0 Å². The lowest BCUT2D eigenvalue weighted by Gasteiger charge is -2.04. The van der Waals surface area contributed by atoms with Gasteiger partial charge in [0.2, 0.25) is 0 Å². The third-order valence-corrected chi connectivity index (χ3v) is 3.61. The molecule has 0 aliphatic rings. The first-order chi connectivity index (χ1) is 8.29. The van der Waals surface area contributed by atoms with Gasteiger partial charge in [0.15, 0.2) is 0 Å². The Hall–Kier alpha value is -1.13. The van der Waals surface area contributed by atoms with Crippen LogP contribution in [0.3, 0.4) is 0 Å². The number of hydrogen-bond donors (Lipinski definition) is 1. The third-order valence-electron chi connectivity index (χ3n) is 2.34. The zero-order valence-corrected chi connectivity index (χ0v) is 11.6. The van der Waals surface area contributed by atoms with Crippen LogP contribution in [0.2, 0.25) is 0 Å². The molecule has 0 atom stereocenters. The van der Waals surface area contributed by atoms with E-state index in [1.165, 1.54) is 16.9 Å². The van der Waals surface area contributed by atoms with E-state index in [-0.39, 0.29) is 5.91 Å². The SMILES string of the molecule is O=C(Nc1ccc(CCBr)cc1)c1cccs1. The summed E-state index contributed by atoms with van der Waals surface area (Å²) in [4.78, 5) is 12.5. The van der Waals surface area contributed by atoms with Crippen molar-refractivity contribution in [2.75, 3.05) is 10.6 Å². The second-order valence-electron chi connectivity index (χ2n) is 3.57. The van der Waals surface area contributed by atoms with Crippen molar-refractivity contribution in [1.29, 1.82) is 0 Å². The van der Waals surface area contributed by atoms with Gasteiger partial charge < -0.3 is 5.32 Å². The number of amides is 1. The van der Waals surface area contributed by atoms with Crippen molar-refractivity contribution in [3.8, 4) is 0 Å². The molecule has 0 aliphatic heterocycles. The van der Waals surface area contributed by atoms with Gasteiger partial charge in [0.1, 0.15) is 0 Å². The van der Waals surface area contributed by atoms with Crippen molar-refractivity contribution in [3.63, 3.8) is 0 Å². The largest absolute Gasteiger partial charge is 0.321 e. The van der Waals surface area contributed by atoms with Gasteiger partial charge in [0.25, 0.3) is 5.91 Å². The Morgan fingerprint density at radius 2 is 2.00 bits per heavy atom. The zero-order valence-electron chi connectivity index (χ0n) is 9.15. The van der Waals surface area contributed by atoms with Crippen LogP contribution in [0.5, 0.6) is 0 Å². The molecule has 17 heavy (non-hydrogen) atoms. The Morgan fingerprint density at radius 1 is 1.24 bits per heavy atom. The Bertz CT molecular complexity index is 479. The van der Waals surface area contributed by atoms with E-state index in [2.05, 4.69) is 21.2 Å². The van der Waals surface area contributed by atoms with Crippen LogP contribution in [0.1, 0.15) is 15.2 Å². The number of hydrogen-bond acceptors (Lipinski definition) is 2. The van der Waals surface area contributed by atoms with Crippen LogP contribution < -0.4 is 5.32 Å². The molecule has 0 spiro atoms. The molecule has 0 saturated carbocycles. The normalized spacial score (nSPS) is 10.2. The van der Waals surface area contributed by atoms with Crippen LogP contribution in [0.15, 0.2) is 41.8 Å². The number of aryl methyl sites for hydroxylation is 1. The number of halogens is 1. The lowest BCUT2D eigenvalue weighted by molar-refractivity contribution is 0.103. The van der Waals surface area contributed by atoms with E-state index >= 15 is 0 Å². The highest BCUT2D eigenvalue weighted by atomic mass is 79.9. The molecule has 1 aromatic heterocycles. The number of carbonyl (C=O) groups is 1. The summed E-state index contributed by atoms with van der Waals surface area (Å²) in [6.07, 6.45) is 0.999. The fourth-order valence-corrected chi connectivity index (χ4v) is 2.54. The van der Waals surface area contributed by atoms with Crippen LogP contribution in [0.25, 0.3) is 0 Å². The maximum absolute atomic E-state index is 11.8. The second kappa shape index (κ2) is 5.98. The van der Waals surface area contributed by atoms with Crippen molar-refractivity contribution in [2.45, 2.75) is 6.42 Å². The predicted molar refractivity (Wildman–Crippen MR) is 76.2 cm³/mol. The fraction of sp³-hybridized carbons (Fsp3) is 0.154. The van der Waals surface area contributed by atoms with E-state index in [1.807, 2.05) is 41.8 Å². The van der Waals surface area contributed by atoms with E-state index in [0.717, 1.165) is 22.3 Å². The highest BCUT2D eigenvalue weighted by molar-refractivity contribution is 9.09. The molecule has 88 valence electrons. The van der Waals surface area contributed by atoms with Crippen LogP contribution in [-0.2, 0) is 6.42 Å². The summed E-state index contributed by atoms with van der Waals surface area (Å²) in [5, 5.41) is 5.72. The number of benzene rings is 1. The minimum Gasteiger partial charge on any atom is -0.321 e. The van der Waals surface area contributed by atoms with Gasteiger partial charge in [-0.15, -0.1) is 11.3 Å². The number of thiophene rings is 1. The van der Waals surface area contributed by atoms with Crippen molar-refractivity contribution < 1.29 is 4.79 Å². The first-order valence-corrected chi connectivity index (χ1v) is 7.29. The quantitative estimate of drug-likeness (QED) is 0.852. The molecule has 2 aromatic rings. The molecule has 0 fully saturated rings. The average Bonchev–Trinajstić information content (AvgIpc) is 2.86. The number of anilines is 1. The fourth-order valence-electron chi connectivity index (χ4n) is 1.46. The minimum atomic E-state index is -0.0479. The standard InChI is InChI=1S/C13H12BrNOS/c14-8-7-10-3-5-11(6-4-10)15-13(16)12-2-1-9-17-12/h1-6,9H,7-8H2,(H,15,16). The van der Waals surface area contributed by atoms with Crippen LogP contribution in [0, 0.1) is 0 Å². The molecular formula is C13H12BrNOS. The number of rotatable bonds is 4. The highest BCUT2D eigenvalue weighted by Crippen LogP contribution is 2.14. The maximum Gasteiger partial charge on any atom is 0.265 e. The summed E-state index contributed by atoms with van der Waals surface area (Å²) >= 11 is 4.85. The predicted octanol–water partition coefficient (Wildman–Crippen LogP) is 3.94. The molecule has 2 nitrogen and oxygen atoms in total. The smallest absolute Gasteiger partial charge is 0.265 e. The van der Waals surface area contributed by atoms with Crippen LogP contribution in [-0.4, -0.2) is 11.2 Å². The van der Waals surface area contributed by atoms with E-state index in [9.17, 15) is 4.79 Å². The molecule has 0 unspecified atom stereocenters. The van der Waals surface area contributed by atoms with Crippen molar-refractivity contribution in [2.24, 2.45) is 0 Å².